The number of ether oxygens (including phenoxy) is 1. The fraction of sp³-hybridized carbons (Fsp3) is 0.400. The average molecular weight is 414 g/mol. The summed E-state index contributed by atoms with van der Waals surface area (Å²) in [5, 5.41) is 0. The van der Waals surface area contributed by atoms with Crippen molar-refractivity contribution in [3.05, 3.63) is 75.8 Å². The predicted octanol–water partition coefficient (Wildman–Crippen LogP) is 6.93. The number of hydrogen-bond donors (Lipinski definition) is 0. The van der Waals surface area contributed by atoms with Gasteiger partial charge in [-0.2, -0.15) is 0 Å². The summed E-state index contributed by atoms with van der Waals surface area (Å²) in [5.74, 6) is -2.70. The highest BCUT2D eigenvalue weighted by Gasteiger charge is 2.24. The predicted molar refractivity (Wildman–Crippen MR) is 109 cm³/mol. The number of rotatable bonds is 4. The normalized spacial score (nSPS) is 21.0. The minimum absolute atomic E-state index is 0.107. The lowest BCUT2D eigenvalue weighted by Crippen LogP contribution is -2.13. The lowest BCUT2D eigenvalue weighted by molar-refractivity contribution is 0.0617. The van der Waals surface area contributed by atoms with Gasteiger partial charge >= 0.3 is 5.97 Å². The van der Waals surface area contributed by atoms with E-state index in [1.165, 1.54) is 43.7 Å². The molecule has 0 unspecified atom stereocenters. The van der Waals surface area contributed by atoms with Crippen molar-refractivity contribution in [1.82, 2.24) is 0 Å². The Bertz CT molecular complexity index is 971. The Hall–Kier alpha value is -2.56. The van der Waals surface area contributed by atoms with Crippen LogP contribution in [-0.4, -0.2) is 5.97 Å². The number of carbonyl (C=O) groups is 1. The molecule has 5 heteroatoms. The molecule has 2 aromatic carbocycles. The third kappa shape index (κ3) is 4.16. The van der Waals surface area contributed by atoms with E-state index in [4.69, 9.17) is 4.74 Å². The van der Waals surface area contributed by atoms with Gasteiger partial charge in [0.2, 0.25) is 0 Å². The first kappa shape index (κ1) is 20.7. The highest BCUT2D eigenvalue weighted by atomic mass is 19.2. The molecule has 2 aliphatic carbocycles. The van der Waals surface area contributed by atoms with Gasteiger partial charge in [0.05, 0.1) is 5.56 Å². The van der Waals surface area contributed by atoms with E-state index in [9.17, 15) is 18.0 Å². The smallest absolute Gasteiger partial charge is 0.343 e. The summed E-state index contributed by atoms with van der Waals surface area (Å²) in [4.78, 5) is 12.5. The van der Waals surface area contributed by atoms with E-state index < -0.39 is 23.4 Å². The van der Waals surface area contributed by atoms with E-state index >= 15 is 0 Å². The van der Waals surface area contributed by atoms with Crippen LogP contribution >= 0.6 is 0 Å². The number of halogens is 3. The van der Waals surface area contributed by atoms with Gasteiger partial charge in [-0.25, -0.2) is 18.0 Å². The van der Waals surface area contributed by atoms with Gasteiger partial charge in [0, 0.05) is 6.42 Å². The molecule has 0 radical (unpaired) electrons. The van der Waals surface area contributed by atoms with Crippen molar-refractivity contribution in [2.24, 2.45) is 5.92 Å². The molecule has 1 fully saturated rings. The molecule has 1 saturated carbocycles. The molecule has 0 spiro atoms. The lowest BCUT2D eigenvalue weighted by atomic mass is 9.78. The van der Waals surface area contributed by atoms with E-state index in [0.717, 1.165) is 12.0 Å². The first-order chi connectivity index (χ1) is 14.5. The molecule has 2 aliphatic rings. The SMILES string of the molecule is CCC1CCC(c2ccc(C(=O)OC3=Cc4cc(F)c(F)c(F)c4CC3)cc2)CC1. The second kappa shape index (κ2) is 8.66. The zero-order valence-corrected chi connectivity index (χ0v) is 17.0. The molecule has 0 aliphatic heterocycles. The maximum atomic E-state index is 13.9. The van der Waals surface area contributed by atoms with E-state index in [1.54, 1.807) is 12.1 Å². The fourth-order valence-electron chi connectivity index (χ4n) is 4.58. The third-order valence-corrected chi connectivity index (χ3v) is 6.50. The van der Waals surface area contributed by atoms with Crippen molar-refractivity contribution in [1.29, 1.82) is 0 Å². The van der Waals surface area contributed by atoms with Crippen molar-refractivity contribution in [3.8, 4) is 0 Å². The Balaban J connectivity index is 1.43. The van der Waals surface area contributed by atoms with Crippen LogP contribution in [0.1, 0.15) is 78.4 Å². The second-order valence-electron chi connectivity index (χ2n) is 8.30. The van der Waals surface area contributed by atoms with Gasteiger partial charge in [0.1, 0.15) is 5.76 Å². The summed E-state index contributed by atoms with van der Waals surface area (Å²) in [7, 11) is 0. The molecular weight excluding hydrogens is 389 g/mol. The number of esters is 1. The van der Waals surface area contributed by atoms with E-state index in [2.05, 4.69) is 6.92 Å². The van der Waals surface area contributed by atoms with Gasteiger partial charge in [0.25, 0.3) is 0 Å². The quantitative estimate of drug-likeness (QED) is 0.400. The summed E-state index contributed by atoms with van der Waals surface area (Å²) in [5.41, 5.74) is 2.00. The summed E-state index contributed by atoms with van der Waals surface area (Å²) in [6.45, 7) is 2.25. The van der Waals surface area contributed by atoms with Crippen LogP contribution in [0.15, 0.2) is 36.1 Å². The van der Waals surface area contributed by atoms with E-state index in [-0.39, 0.29) is 24.0 Å². The van der Waals surface area contributed by atoms with Gasteiger partial charge in [-0.05, 0) is 84.9 Å². The van der Waals surface area contributed by atoms with Crippen LogP contribution in [0.5, 0.6) is 0 Å². The molecule has 2 aromatic rings. The second-order valence-corrected chi connectivity index (χ2v) is 8.30. The van der Waals surface area contributed by atoms with Gasteiger partial charge in [-0.15, -0.1) is 0 Å². The highest BCUT2D eigenvalue weighted by molar-refractivity contribution is 5.90. The minimum Gasteiger partial charge on any atom is -0.427 e. The lowest BCUT2D eigenvalue weighted by Gasteiger charge is -2.28. The Labute approximate surface area is 174 Å². The summed E-state index contributed by atoms with van der Waals surface area (Å²) < 4.78 is 46.2. The highest BCUT2D eigenvalue weighted by Crippen LogP contribution is 2.37. The van der Waals surface area contributed by atoms with E-state index in [0.29, 0.717) is 17.2 Å². The molecule has 2 nitrogen and oxygen atoms in total. The van der Waals surface area contributed by atoms with Gasteiger partial charge < -0.3 is 4.74 Å². The maximum Gasteiger partial charge on any atom is 0.343 e. The third-order valence-electron chi connectivity index (χ3n) is 6.50. The zero-order chi connectivity index (χ0) is 21.3. The number of fused-ring (bicyclic) bond motifs is 1. The summed E-state index contributed by atoms with van der Waals surface area (Å²) in [6, 6.07) is 8.46. The average Bonchev–Trinajstić information content (AvgIpc) is 2.77. The van der Waals surface area contributed by atoms with Gasteiger partial charge in [-0.3, -0.25) is 0 Å². The maximum absolute atomic E-state index is 13.9. The molecule has 0 heterocycles. The summed E-state index contributed by atoms with van der Waals surface area (Å²) in [6.07, 6.45) is 7.92. The Morgan fingerprint density at radius 3 is 2.37 bits per heavy atom. The Kier molecular flexibility index (Phi) is 5.98. The largest absolute Gasteiger partial charge is 0.427 e. The molecule has 30 heavy (non-hydrogen) atoms. The van der Waals surface area contributed by atoms with Crippen LogP contribution in [0.2, 0.25) is 0 Å². The van der Waals surface area contributed by atoms with Crippen molar-refractivity contribution in [2.75, 3.05) is 0 Å². The number of benzene rings is 2. The molecule has 0 aromatic heterocycles. The van der Waals surface area contributed by atoms with Crippen molar-refractivity contribution < 1.29 is 22.7 Å². The molecule has 0 bridgehead atoms. The Morgan fingerprint density at radius 1 is 1.00 bits per heavy atom. The van der Waals surface area contributed by atoms with Crippen LogP contribution in [0, 0.1) is 23.4 Å². The molecule has 0 N–H and O–H groups in total. The molecule has 158 valence electrons. The van der Waals surface area contributed by atoms with Crippen LogP contribution in [-0.2, 0) is 11.2 Å². The molecule has 0 saturated heterocycles. The molecule has 0 atom stereocenters. The monoisotopic (exact) mass is 414 g/mol. The number of hydrogen-bond acceptors (Lipinski definition) is 2. The first-order valence-electron chi connectivity index (χ1n) is 10.6. The van der Waals surface area contributed by atoms with Gasteiger partial charge in [0.15, 0.2) is 17.5 Å². The molecule has 4 rings (SSSR count). The minimum atomic E-state index is -1.47. The number of carbonyl (C=O) groups excluding carboxylic acids is 1. The van der Waals surface area contributed by atoms with Crippen LogP contribution in [0.25, 0.3) is 6.08 Å². The van der Waals surface area contributed by atoms with Gasteiger partial charge in [-0.1, -0.05) is 25.5 Å². The van der Waals surface area contributed by atoms with Crippen molar-refractivity contribution in [3.63, 3.8) is 0 Å². The van der Waals surface area contributed by atoms with Crippen LogP contribution in [0.4, 0.5) is 13.2 Å². The Morgan fingerprint density at radius 2 is 1.70 bits per heavy atom. The van der Waals surface area contributed by atoms with Crippen LogP contribution < -0.4 is 0 Å². The molecular formula is C25H25F3O2. The van der Waals surface area contributed by atoms with E-state index in [1.807, 2.05) is 12.1 Å². The van der Waals surface area contributed by atoms with Crippen molar-refractivity contribution in [2.45, 2.75) is 57.8 Å². The van der Waals surface area contributed by atoms with Crippen molar-refractivity contribution >= 4 is 12.0 Å². The fourth-order valence-corrected chi connectivity index (χ4v) is 4.58. The molecule has 0 amide bonds. The topological polar surface area (TPSA) is 26.3 Å². The standard InChI is InChI=1S/C25H25F3O2/c1-2-15-3-5-16(6-4-15)17-7-9-18(10-8-17)25(29)30-20-11-12-21-19(13-20)14-22(26)24(28)23(21)27/h7-10,13-16H,2-6,11-12H2,1H3. The summed E-state index contributed by atoms with van der Waals surface area (Å²) >= 11 is 0. The first-order valence-corrected chi connectivity index (χ1v) is 10.6. The zero-order valence-electron chi connectivity index (χ0n) is 17.0. The van der Waals surface area contributed by atoms with Crippen LogP contribution in [0.3, 0.4) is 0 Å². The number of allylic oxidation sites excluding steroid dienone is 1.